The molecule has 0 rings (SSSR count). The molecule has 10 heavy (non-hydrogen) atoms. The molecule has 0 saturated heterocycles. The van der Waals surface area contributed by atoms with Gasteiger partial charge in [0.1, 0.15) is 0 Å². The molecular weight excluding hydrogens is 164 g/mol. The lowest BCUT2D eigenvalue weighted by molar-refractivity contribution is 0.0924. The first-order valence-corrected chi connectivity index (χ1v) is 3.02. The van der Waals surface area contributed by atoms with Gasteiger partial charge in [-0.05, 0) is 0 Å². The molecule has 62 valence electrons. The Morgan fingerprint density at radius 3 is 1.50 bits per heavy atom. The Morgan fingerprint density at radius 1 is 1.30 bits per heavy atom. The smallest absolute Gasteiger partial charge is 0.438 e. The van der Waals surface area contributed by atoms with Gasteiger partial charge in [0, 0.05) is 0 Å². The van der Waals surface area contributed by atoms with Crippen molar-refractivity contribution in [3.8, 4) is 0 Å². The maximum atomic E-state index is 9.74. The van der Waals surface area contributed by atoms with E-state index in [4.69, 9.17) is 13.3 Å². The second-order valence-corrected chi connectivity index (χ2v) is 1.35. The second-order valence-electron chi connectivity index (χ2n) is 0.889. The predicted molar refractivity (Wildman–Crippen MR) is 32.8 cm³/mol. The first-order valence-electron chi connectivity index (χ1n) is 1.96. The fourth-order valence-corrected chi connectivity index (χ4v) is 0.0833. The van der Waals surface area contributed by atoms with Crippen molar-refractivity contribution in [3.05, 3.63) is 0 Å². The van der Waals surface area contributed by atoms with Crippen LogP contribution >= 0.6 is 0 Å². The molecule has 0 unspecified atom stereocenters. The Kier molecular flexibility index (Phi) is 10.1. The van der Waals surface area contributed by atoms with Crippen LogP contribution in [0.2, 0.25) is 0 Å². The van der Waals surface area contributed by atoms with Gasteiger partial charge < -0.3 is 9.47 Å². The summed E-state index contributed by atoms with van der Waals surface area (Å²) < 4.78 is 30.9. The third-order valence-corrected chi connectivity index (χ3v) is 0.333. The molecule has 2 N–H and O–H groups in total. The van der Waals surface area contributed by atoms with Crippen molar-refractivity contribution in [1.82, 2.24) is 0 Å². The minimum atomic E-state index is -2.61. The summed E-state index contributed by atoms with van der Waals surface area (Å²) in [6.45, 7) is 0. The monoisotopic (exact) mass is 172 g/mol. The van der Waals surface area contributed by atoms with E-state index in [-0.39, 0.29) is 0 Å². The van der Waals surface area contributed by atoms with Gasteiger partial charge in [-0.25, -0.2) is 4.79 Å². The first kappa shape index (κ1) is 12.1. The molecule has 7 heteroatoms. The highest BCUT2D eigenvalue weighted by molar-refractivity contribution is 7.73. The molecule has 0 aromatic carbocycles. The molecular formula is C3H8O6S. The largest absolute Gasteiger partial charge is 0.507 e. The van der Waals surface area contributed by atoms with Crippen LogP contribution < -0.4 is 0 Å². The van der Waals surface area contributed by atoms with Crippen molar-refractivity contribution in [2.24, 2.45) is 0 Å². The molecule has 0 radical (unpaired) electrons. The van der Waals surface area contributed by atoms with Crippen LogP contribution in [0.5, 0.6) is 0 Å². The lowest BCUT2D eigenvalue weighted by Crippen LogP contribution is -1.97. The van der Waals surface area contributed by atoms with E-state index >= 15 is 0 Å². The number of hydrogen-bond acceptors (Lipinski definition) is 4. The summed E-state index contributed by atoms with van der Waals surface area (Å²) >= 11 is -2.61. The van der Waals surface area contributed by atoms with Crippen LogP contribution in [-0.2, 0) is 20.8 Å². The summed E-state index contributed by atoms with van der Waals surface area (Å²) in [5, 5.41) is 0. The van der Waals surface area contributed by atoms with Gasteiger partial charge in [-0.1, -0.05) is 0 Å². The zero-order chi connectivity index (χ0) is 8.57. The molecule has 0 bridgehead atoms. The third kappa shape index (κ3) is 26.4. The molecule has 0 spiro atoms. The number of carbonyl (C=O) groups is 1. The summed E-state index contributed by atoms with van der Waals surface area (Å²) in [4.78, 5) is 9.74. The molecule has 0 aliphatic carbocycles. The summed E-state index contributed by atoms with van der Waals surface area (Å²) in [6, 6.07) is 0. The normalized spacial score (nSPS) is 7.70. The molecule has 0 aromatic heterocycles. The Morgan fingerprint density at radius 2 is 1.50 bits per heavy atom. The highest BCUT2D eigenvalue weighted by atomic mass is 32.2. The van der Waals surface area contributed by atoms with Gasteiger partial charge in [0.05, 0.1) is 14.2 Å². The highest BCUT2D eigenvalue weighted by Gasteiger charge is 1.88. The van der Waals surface area contributed by atoms with Crippen molar-refractivity contribution >= 4 is 17.5 Å². The quantitative estimate of drug-likeness (QED) is 0.397. The number of carbonyl (C=O) groups excluding carboxylic acids is 1. The zero-order valence-corrected chi connectivity index (χ0v) is 6.25. The van der Waals surface area contributed by atoms with Crippen LogP contribution in [0.1, 0.15) is 0 Å². The average molecular weight is 172 g/mol. The molecule has 0 heterocycles. The van der Waals surface area contributed by atoms with Gasteiger partial charge in [0.15, 0.2) is 0 Å². The number of methoxy groups -OCH3 is 2. The Bertz CT molecular complexity index is 102. The van der Waals surface area contributed by atoms with Gasteiger partial charge in [-0.3, -0.25) is 9.11 Å². The fourth-order valence-electron chi connectivity index (χ4n) is 0.0833. The summed E-state index contributed by atoms with van der Waals surface area (Å²) in [6.07, 6.45) is -0.657. The Balaban J connectivity index is 0. The Labute approximate surface area is 60.2 Å². The van der Waals surface area contributed by atoms with E-state index in [9.17, 15) is 4.79 Å². The molecule has 0 amide bonds. The van der Waals surface area contributed by atoms with E-state index in [1.165, 1.54) is 14.2 Å². The zero-order valence-electron chi connectivity index (χ0n) is 5.44. The summed E-state index contributed by atoms with van der Waals surface area (Å²) in [7, 11) is 2.51. The van der Waals surface area contributed by atoms with Crippen LogP contribution in [0.15, 0.2) is 0 Å². The number of ether oxygens (including phenoxy) is 2. The van der Waals surface area contributed by atoms with E-state index < -0.39 is 17.5 Å². The third-order valence-electron chi connectivity index (χ3n) is 0.333. The van der Waals surface area contributed by atoms with Crippen LogP contribution in [0.4, 0.5) is 4.79 Å². The Hall–Kier alpha value is -0.660. The first-order chi connectivity index (χ1) is 4.54. The predicted octanol–water partition coefficient (Wildman–Crippen LogP) is 0.0803. The minimum absolute atomic E-state index is 0.657. The van der Waals surface area contributed by atoms with E-state index in [2.05, 4.69) is 9.47 Å². The summed E-state index contributed by atoms with van der Waals surface area (Å²) in [5.74, 6) is 0. The van der Waals surface area contributed by atoms with Gasteiger partial charge >= 0.3 is 6.16 Å². The van der Waals surface area contributed by atoms with Crippen molar-refractivity contribution < 1.29 is 27.6 Å². The van der Waals surface area contributed by atoms with Crippen LogP contribution in [0.25, 0.3) is 0 Å². The molecule has 0 aromatic rings. The van der Waals surface area contributed by atoms with Crippen molar-refractivity contribution in [1.29, 1.82) is 0 Å². The molecule has 6 nitrogen and oxygen atoms in total. The second kappa shape index (κ2) is 8.34. The molecule has 0 fully saturated rings. The minimum Gasteiger partial charge on any atom is -0.438 e. The topological polar surface area (TPSA) is 93.1 Å². The SMILES string of the molecule is COC(=O)OC.O=S(O)O. The van der Waals surface area contributed by atoms with E-state index in [1.807, 2.05) is 0 Å². The summed E-state index contributed by atoms with van der Waals surface area (Å²) in [5.41, 5.74) is 0. The molecule has 0 aliphatic rings. The molecule has 0 atom stereocenters. The molecule has 0 saturated carbocycles. The number of hydrogen-bond donors (Lipinski definition) is 2. The highest BCUT2D eigenvalue weighted by Crippen LogP contribution is 1.72. The van der Waals surface area contributed by atoms with Gasteiger partial charge in [-0.15, -0.1) is 0 Å². The standard InChI is InChI=1S/C3H6O3.H2O3S/c1-5-3(4)6-2;1-4(2)3/h1-2H3;(H2,1,2,3). The van der Waals surface area contributed by atoms with Crippen LogP contribution in [-0.4, -0.2) is 33.7 Å². The van der Waals surface area contributed by atoms with Crippen LogP contribution in [0.3, 0.4) is 0 Å². The van der Waals surface area contributed by atoms with Crippen LogP contribution in [0, 0.1) is 0 Å². The lowest BCUT2D eigenvalue weighted by atomic mass is 11.3. The maximum Gasteiger partial charge on any atom is 0.507 e. The van der Waals surface area contributed by atoms with Gasteiger partial charge in [0.25, 0.3) is 11.4 Å². The van der Waals surface area contributed by atoms with E-state index in [1.54, 1.807) is 0 Å². The maximum absolute atomic E-state index is 9.74. The average Bonchev–Trinajstić information content (AvgIpc) is 1.85. The molecule has 0 aliphatic heterocycles. The van der Waals surface area contributed by atoms with Gasteiger partial charge in [-0.2, -0.15) is 4.21 Å². The number of rotatable bonds is 0. The lowest BCUT2D eigenvalue weighted by Gasteiger charge is -1.89. The van der Waals surface area contributed by atoms with Crippen molar-refractivity contribution in [3.63, 3.8) is 0 Å². The van der Waals surface area contributed by atoms with E-state index in [0.29, 0.717) is 0 Å². The van der Waals surface area contributed by atoms with Crippen molar-refractivity contribution in [2.75, 3.05) is 14.2 Å². The van der Waals surface area contributed by atoms with Gasteiger partial charge in [0.2, 0.25) is 0 Å². The fraction of sp³-hybridized carbons (Fsp3) is 0.667. The van der Waals surface area contributed by atoms with E-state index in [0.717, 1.165) is 0 Å². The van der Waals surface area contributed by atoms with Crippen molar-refractivity contribution in [2.45, 2.75) is 0 Å².